The molecule has 3 aromatic rings. The van der Waals surface area contributed by atoms with Crippen LogP contribution < -0.4 is 9.64 Å². The number of hydrogen-bond donors (Lipinski definition) is 0. The maximum absolute atomic E-state index is 13.4. The van der Waals surface area contributed by atoms with E-state index in [1.807, 2.05) is 78.9 Å². The van der Waals surface area contributed by atoms with Gasteiger partial charge < -0.3 is 4.74 Å². The molecule has 29 heavy (non-hydrogen) atoms. The van der Waals surface area contributed by atoms with Gasteiger partial charge in [0, 0.05) is 5.57 Å². The smallest absolute Gasteiger partial charge is 0.262 e. The average Bonchev–Trinajstić information content (AvgIpc) is 3.05. The van der Waals surface area contributed by atoms with Crippen LogP contribution in [0.2, 0.25) is 5.02 Å². The van der Waals surface area contributed by atoms with E-state index in [9.17, 15) is 4.79 Å². The van der Waals surface area contributed by atoms with E-state index in [4.69, 9.17) is 16.3 Å². The van der Waals surface area contributed by atoms with E-state index in [2.05, 4.69) is 15.9 Å². The van der Waals surface area contributed by atoms with E-state index < -0.39 is 0 Å². The minimum Gasteiger partial charge on any atom is -0.496 e. The van der Waals surface area contributed by atoms with Crippen molar-refractivity contribution < 1.29 is 9.53 Å². The Kier molecular flexibility index (Phi) is 5.56. The summed E-state index contributed by atoms with van der Waals surface area (Å²) >= 11 is 9.92. The van der Waals surface area contributed by atoms with Crippen molar-refractivity contribution in [3.63, 3.8) is 0 Å². The molecule has 0 saturated heterocycles. The number of carbonyl (C=O) groups is 1. The van der Waals surface area contributed by atoms with Gasteiger partial charge in [-0.15, -0.1) is 0 Å². The molecule has 0 spiro atoms. The minimum absolute atomic E-state index is 0.121. The first-order valence-electron chi connectivity index (χ1n) is 9.00. The minimum atomic E-state index is -0.121. The second-order valence-electron chi connectivity index (χ2n) is 6.48. The summed E-state index contributed by atoms with van der Waals surface area (Å²) in [6, 6.07) is 22.9. The highest BCUT2D eigenvalue weighted by Gasteiger charge is 2.31. The Balaban J connectivity index is 1.82. The second kappa shape index (κ2) is 8.27. The Labute approximate surface area is 183 Å². The first-order valence-corrected chi connectivity index (χ1v) is 10.2. The zero-order chi connectivity index (χ0) is 20.4. The van der Waals surface area contributed by atoms with Gasteiger partial charge in [-0.2, -0.15) is 0 Å². The largest absolute Gasteiger partial charge is 0.496 e. The topological polar surface area (TPSA) is 29.5 Å². The molecule has 0 aromatic heterocycles. The van der Waals surface area contributed by atoms with Crippen LogP contribution in [0.4, 0.5) is 5.69 Å². The highest BCUT2D eigenvalue weighted by molar-refractivity contribution is 9.10. The number of halogens is 2. The number of anilines is 1. The van der Waals surface area contributed by atoms with Gasteiger partial charge in [-0.05, 0) is 63.5 Å². The SMILES string of the molecule is COc1ccc(/C=C2\C=C(c3ccccc3)N(c3ccccc3Cl)C2=O)cc1Br. The molecule has 0 atom stereocenters. The first-order chi connectivity index (χ1) is 14.1. The van der Waals surface area contributed by atoms with Crippen molar-refractivity contribution >= 4 is 50.9 Å². The van der Waals surface area contributed by atoms with E-state index in [1.54, 1.807) is 18.1 Å². The van der Waals surface area contributed by atoms with Crippen molar-refractivity contribution in [3.05, 3.63) is 105 Å². The van der Waals surface area contributed by atoms with E-state index in [0.29, 0.717) is 16.3 Å². The van der Waals surface area contributed by atoms with Crippen molar-refractivity contribution in [2.24, 2.45) is 0 Å². The normalized spacial score (nSPS) is 15.0. The molecule has 0 aliphatic carbocycles. The number of carbonyl (C=O) groups excluding carboxylic acids is 1. The van der Waals surface area contributed by atoms with Gasteiger partial charge in [0.05, 0.1) is 28.0 Å². The van der Waals surface area contributed by atoms with Crippen molar-refractivity contribution in [2.45, 2.75) is 0 Å². The molecule has 5 heteroatoms. The highest BCUT2D eigenvalue weighted by atomic mass is 79.9. The predicted octanol–water partition coefficient (Wildman–Crippen LogP) is 6.58. The fourth-order valence-electron chi connectivity index (χ4n) is 3.26. The Morgan fingerprint density at radius 1 is 1.00 bits per heavy atom. The lowest BCUT2D eigenvalue weighted by atomic mass is 10.1. The van der Waals surface area contributed by atoms with Crippen LogP contribution in [0.15, 0.2) is 88.9 Å². The molecular formula is C24H17BrClNO2. The summed E-state index contributed by atoms with van der Waals surface area (Å²) in [5, 5.41) is 0.524. The number of nitrogens with zero attached hydrogens (tertiary/aromatic N) is 1. The number of rotatable bonds is 4. The Morgan fingerprint density at radius 2 is 1.72 bits per heavy atom. The van der Waals surface area contributed by atoms with Crippen LogP contribution in [-0.2, 0) is 4.79 Å². The van der Waals surface area contributed by atoms with E-state index in [-0.39, 0.29) is 5.91 Å². The molecular weight excluding hydrogens is 450 g/mol. The zero-order valence-electron chi connectivity index (χ0n) is 15.6. The highest BCUT2D eigenvalue weighted by Crippen LogP contribution is 2.38. The summed E-state index contributed by atoms with van der Waals surface area (Å²) in [5.74, 6) is 0.618. The molecule has 0 bridgehead atoms. The molecule has 0 fully saturated rings. The maximum atomic E-state index is 13.4. The number of para-hydroxylation sites is 1. The monoisotopic (exact) mass is 465 g/mol. The van der Waals surface area contributed by atoms with Gasteiger partial charge in [0.1, 0.15) is 5.75 Å². The molecule has 1 aliphatic rings. The third kappa shape index (κ3) is 3.86. The molecule has 0 radical (unpaired) electrons. The summed E-state index contributed by atoms with van der Waals surface area (Å²) in [7, 11) is 1.62. The summed E-state index contributed by atoms with van der Waals surface area (Å²) in [6.07, 6.45) is 3.77. The standard InChI is InChI=1S/C24H17BrClNO2/c1-29-23-12-11-16(14-19(23)25)13-18-15-22(17-7-3-2-4-8-17)27(24(18)28)21-10-6-5-9-20(21)26/h2-15H,1H3/b18-13+. The fraction of sp³-hybridized carbons (Fsp3) is 0.0417. The van der Waals surface area contributed by atoms with E-state index in [0.717, 1.165) is 27.0 Å². The van der Waals surface area contributed by atoms with Crippen LogP contribution in [0.25, 0.3) is 11.8 Å². The Hall–Kier alpha value is -2.82. The lowest BCUT2D eigenvalue weighted by molar-refractivity contribution is -0.113. The van der Waals surface area contributed by atoms with E-state index in [1.165, 1.54) is 0 Å². The number of methoxy groups -OCH3 is 1. The van der Waals surface area contributed by atoms with Gasteiger partial charge in [0.2, 0.25) is 0 Å². The predicted molar refractivity (Wildman–Crippen MR) is 122 cm³/mol. The van der Waals surface area contributed by atoms with Crippen LogP contribution in [0.5, 0.6) is 5.75 Å². The zero-order valence-corrected chi connectivity index (χ0v) is 17.9. The number of ether oxygens (including phenoxy) is 1. The summed E-state index contributed by atoms with van der Waals surface area (Å²) in [5.41, 5.74) is 3.88. The average molecular weight is 467 g/mol. The first kappa shape index (κ1) is 19.5. The van der Waals surface area contributed by atoms with Crippen LogP contribution in [0.1, 0.15) is 11.1 Å². The van der Waals surface area contributed by atoms with Crippen molar-refractivity contribution in [1.82, 2.24) is 0 Å². The molecule has 3 aromatic carbocycles. The van der Waals surface area contributed by atoms with Crippen molar-refractivity contribution in [2.75, 3.05) is 12.0 Å². The van der Waals surface area contributed by atoms with Gasteiger partial charge in [0.25, 0.3) is 5.91 Å². The van der Waals surface area contributed by atoms with Crippen molar-refractivity contribution in [3.8, 4) is 5.75 Å². The molecule has 0 unspecified atom stereocenters. The molecule has 0 N–H and O–H groups in total. The summed E-state index contributed by atoms with van der Waals surface area (Å²) in [6.45, 7) is 0. The van der Waals surface area contributed by atoms with Gasteiger partial charge in [-0.1, -0.05) is 60.1 Å². The molecule has 4 rings (SSSR count). The fourth-order valence-corrected chi connectivity index (χ4v) is 4.04. The number of benzene rings is 3. The van der Waals surface area contributed by atoms with Crippen LogP contribution in [0, 0.1) is 0 Å². The quantitative estimate of drug-likeness (QED) is 0.406. The molecule has 1 aliphatic heterocycles. The van der Waals surface area contributed by atoms with Gasteiger partial charge in [-0.25, -0.2) is 0 Å². The lowest BCUT2D eigenvalue weighted by Crippen LogP contribution is -2.25. The van der Waals surface area contributed by atoms with Crippen LogP contribution in [-0.4, -0.2) is 13.0 Å². The van der Waals surface area contributed by atoms with Crippen LogP contribution >= 0.6 is 27.5 Å². The van der Waals surface area contributed by atoms with Gasteiger partial charge in [-0.3, -0.25) is 9.69 Å². The Bertz CT molecular complexity index is 1140. The molecule has 144 valence electrons. The molecule has 1 heterocycles. The maximum Gasteiger partial charge on any atom is 0.262 e. The molecule has 0 saturated carbocycles. The van der Waals surface area contributed by atoms with Gasteiger partial charge in [0.15, 0.2) is 0 Å². The summed E-state index contributed by atoms with van der Waals surface area (Å²) < 4.78 is 6.11. The Morgan fingerprint density at radius 3 is 2.41 bits per heavy atom. The number of amides is 1. The van der Waals surface area contributed by atoms with Crippen molar-refractivity contribution in [1.29, 1.82) is 0 Å². The van der Waals surface area contributed by atoms with E-state index >= 15 is 0 Å². The third-order valence-electron chi connectivity index (χ3n) is 4.64. The van der Waals surface area contributed by atoms with Gasteiger partial charge >= 0.3 is 0 Å². The molecule has 1 amide bonds. The second-order valence-corrected chi connectivity index (χ2v) is 7.74. The lowest BCUT2D eigenvalue weighted by Gasteiger charge is -2.21. The molecule has 3 nitrogen and oxygen atoms in total. The summed E-state index contributed by atoms with van der Waals surface area (Å²) in [4.78, 5) is 15.0. The number of hydrogen-bond acceptors (Lipinski definition) is 2. The van der Waals surface area contributed by atoms with Crippen LogP contribution in [0.3, 0.4) is 0 Å². The third-order valence-corrected chi connectivity index (χ3v) is 5.58.